The lowest BCUT2D eigenvalue weighted by molar-refractivity contribution is 0.459. The summed E-state index contributed by atoms with van der Waals surface area (Å²) in [6.45, 7) is 2.19. The van der Waals surface area contributed by atoms with Crippen molar-refractivity contribution in [1.82, 2.24) is 0 Å². The number of rotatable bonds is 3. The summed E-state index contributed by atoms with van der Waals surface area (Å²) in [5, 5.41) is 9.68. The summed E-state index contributed by atoms with van der Waals surface area (Å²) in [6, 6.07) is 1.27. The van der Waals surface area contributed by atoms with Crippen molar-refractivity contribution in [1.29, 1.82) is 0 Å². The van der Waals surface area contributed by atoms with Crippen molar-refractivity contribution in [2.75, 3.05) is 6.54 Å². The molecule has 78 valence electrons. The van der Waals surface area contributed by atoms with Gasteiger partial charge in [0.25, 0.3) is 0 Å². The molecule has 0 amide bonds. The van der Waals surface area contributed by atoms with E-state index in [1.807, 2.05) is 0 Å². The Hall–Kier alpha value is -0.610. The van der Waals surface area contributed by atoms with E-state index in [4.69, 9.17) is 5.73 Å². The largest absolute Gasteiger partial charge is 0.506 e. The Labute approximate surface area is 91.1 Å². The van der Waals surface area contributed by atoms with Crippen LogP contribution in [0.25, 0.3) is 0 Å². The Morgan fingerprint density at radius 2 is 2.21 bits per heavy atom. The van der Waals surface area contributed by atoms with E-state index in [1.54, 1.807) is 6.92 Å². The quantitative estimate of drug-likeness (QED) is 0.879. The van der Waals surface area contributed by atoms with Crippen LogP contribution >= 0.6 is 15.9 Å². The molecule has 0 aromatic heterocycles. The van der Waals surface area contributed by atoms with E-state index in [0.717, 1.165) is 6.42 Å². The highest BCUT2D eigenvalue weighted by atomic mass is 79.9. The minimum Gasteiger partial charge on any atom is -0.506 e. The maximum absolute atomic E-state index is 13.3. The number of hydrogen-bond acceptors (Lipinski definition) is 2. The lowest BCUT2D eigenvalue weighted by atomic mass is 10.0. The lowest BCUT2D eigenvalue weighted by Gasteiger charge is -2.10. The van der Waals surface area contributed by atoms with E-state index < -0.39 is 0 Å². The Kier molecular flexibility index (Phi) is 3.89. The molecule has 1 aromatic carbocycles. The van der Waals surface area contributed by atoms with Crippen LogP contribution in [-0.4, -0.2) is 11.7 Å². The monoisotopic (exact) mass is 261 g/mol. The van der Waals surface area contributed by atoms with Gasteiger partial charge in [-0.25, -0.2) is 4.39 Å². The van der Waals surface area contributed by atoms with Gasteiger partial charge in [-0.15, -0.1) is 0 Å². The average molecular weight is 262 g/mol. The van der Waals surface area contributed by atoms with Crippen LogP contribution in [0.3, 0.4) is 0 Å². The molecule has 0 bridgehead atoms. The van der Waals surface area contributed by atoms with Gasteiger partial charge in [0.15, 0.2) is 0 Å². The first-order valence-electron chi connectivity index (χ1n) is 4.44. The normalized spacial score (nSPS) is 10.6. The molecule has 3 N–H and O–H groups in total. The number of phenolic OH excluding ortho intramolecular Hbond substituents is 1. The van der Waals surface area contributed by atoms with Crippen LogP contribution in [0, 0.1) is 12.7 Å². The zero-order valence-corrected chi connectivity index (χ0v) is 9.57. The van der Waals surface area contributed by atoms with Crippen LogP contribution in [0.15, 0.2) is 10.5 Å². The molecule has 0 aliphatic carbocycles. The molecule has 0 saturated carbocycles. The Morgan fingerprint density at radius 3 is 2.79 bits per heavy atom. The molecule has 0 spiro atoms. The summed E-state index contributed by atoms with van der Waals surface area (Å²) in [6.07, 6.45) is 1.34. The van der Waals surface area contributed by atoms with E-state index in [9.17, 15) is 9.50 Å². The molecule has 0 fully saturated rings. The van der Waals surface area contributed by atoms with Crippen LogP contribution in [-0.2, 0) is 6.42 Å². The molecule has 4 heteroatoms. The van der Waals surface area contributed by atoms with Gasteiger partial charge in [-0.2, -0.15) is 0 Å². The van der Waals surface area contributed by atoms with Crippen molar-refractivity contribution in [3.8, 4) is 5.75 Å². The molecule has 0 aliphatic heterocycles. The summed E-state index contributed by atoms with van der Waals surface area (Å²) >= 11 is 3.10. The van der Waals surface area contributed by atoms with E-state index in [0.29, 0.717) is 28.6 Å². The summed E-state index contributed by atoms with van der Waals surface area (Å²) in [7, 11) is 0. The smallest absolute Gasteiger partial charge is 0.133 e. The van der Waals surface area contributed by atoms with E-state index in [-0.39, 0.29) is 11.6 Å². The molecular formula is C10H13BrFNO. The fraction of sp³-hybridized carbons (Fsp3) is 0.400. The fourth-order valence-corrected chi connectivity index (χ4v) is 1.78. The average Bonchev–Trinajstić information content (AvgIpc) is 2.15. The van der Waals surface area contributed by atoms with Gasteiger partial charge in [0.1, 0.15) is 11.6 Å². The van der Waals surface area contributed by atoms with Crippen LogP contribution in [0.1, 0.15) is 17.5 Å². The molecule has 1 rings (SSSR count). The number of nitrogens with two attached hydrogens (primary N) is 1. The van der Waals surface area contributed by atoms with Crippen LogP contribution in [0.5, 0.6) is 5.75 Å². The topological polar surface area (TPSA) is 46.2 Å². The van der Waals surface area contributed by atoms with Crippen molar-refractivity contribution >= 4 is 15.9 Å². The minimum absolute atomic E-state index is 0.123. The number of halogens is 2. The second-order valence-corrected chi connectivity index (χ2v) is 4.04. The molecule has 0 aliphatic rings. The van der Waals surface area contributed by atoms with Gasteiger partial charge in [0.2, 0.25) is 0 Å². The molecule has 2 nitrogen and oxygen atoms in total. The van der Waals surface area contributed by atoms with E-state index in [1.165, 1.54) is 6.07 Å². The predicted molar refractivity (Wildman–Crippen MR) is 57.9 cm³/mol. The number of benzene rings is 1. The first-order valence-corrected chi connectivity index (χ1v) is 5.23. The van der Waals surface area contributed by atoms with Crippen LogP contribution < -0.4 is 5.73 Å². The zero-order chi connectivity index (χ0) is 10.7. The third kappa shape index (κ3) is 2.25. The second kappa shape index (κ2) is 4.75. The van der Waals surface area contributed by atoms with Gasteiger partial charge in [-0.1, -0.05) is 0 Å². The van der Waals surface area contributed by atoms with E-state index in [2.05, 4.69) is 15.9 Å². The molecule has 0 heterocycles. The second-order valence-electron chi connectivity index (χ2n) is 3.18. The Morgan fingerprint density at radius 1 is 1.57 bits per heavy atom. The van der Waals surface area contributed by atoms with Crippen molar-refractivity contribution in [3.63, 3.8) is 0 Å². The highest BCUT2D eigenvalue weighted by Gasteiger charge is 2.12. The maximum atomic E-state index is 13.3. The fourth-order valence-electron chi connectivity index (χ4n) is 1.34. The minimum atomic E-state index is -0.304. The standard InChI is InChI=1S/C10H13BrFNO/c1-6-7(3-2-4-13)10(14)8(11)5-9(6)12/h5,14H,2-4,13H2,1H3. The molecule has 0 saturated heterocycles. The molecule has 0 atom stereocenters. The summed E-state index contributed by atoms with van der Waals surface area (Å²) in [5.41, 5.74) is 6.51. The third-order valence-corrected chi connectivity index (χ3v) is 2.81. The van der Waals surface area contributed by atoms with Gasteiger partial charge in [0.05, 0.1) is 4.47 Å². The van der Waals surface area contributed by atoms with Crippen molar-refractivity contribution < 1.29 is 9.50 Å². The van der Waals surface area contributed by atoms with Gasteiger partial charge >= 0.3 is 0 Å². The first kappa shape index (κ1) is 11.5. The Bertz CT molecular complexity index is 315. The zero-order valence-electron chi connectivity index (χ0n) is 7.98. The molecule has 0 radical (unpaired) electrons. The predicted octanol–water partition coefficient (Wildman–Crippen LogP) is 2.49. The van der Waals surface area contributed by atoms with Gasteiger partial charge in [-0.3, -0.25) is 0 Å². The molecular weight excluding hydrogens is 249 g/mol. The number of aromatic hydroxyl groups is 1. The van der Waals surface area contributed by atoms with Gasteiger partial charge in [-0.05, 0) is 53.9 Å². The summed E-state index contributed by atoms with van der Waals surface area (Å²) < 4.78 is 13.7. The highest BCUT2D eigenvalue weighted by molar-refractivity contribution is 9.10. The first-order chi connectivity index (χ1) is 6.57. The van der Waals surface area contributed by atoms with Gasteiger partial charge < -0.3 is 10.8 Å². The molecule has 1 aromatic rings. The highest BCUT2D eigenvalue weighted by Crippen LogP contribution is 2.32. The lowest BCUT2D eigenvalue weighted by Crippen LogP contribution is -2.02. The van der Waals surface area contributed by atoms with Crippen molar-refractivity contribution in [2.45, 2.75) is 19.8 Å². The Balaban J connectivity index is 3.11. The number of phenols is 1. The van der Waals surface area contributed by atoms with Gasteiger partial charge in [0, 0.05) is 5.56 Å². The summed E-state index contributed by atoms with van der Waals surface area (Å²) in [5.74, 6) is -0.181. The molecule has 14 heavy (non-hydrogen) atoms. The molecule has 0 unspecified atom stereocenters. The van der Waals surface area contributed by atoms with Crippen molar-refractivity contribution in [3.05, 3.63) is 27.5 Å². The SMILES string of the molecule is Cc1c(F)cc(Br)c(O)c1CCCN. The third-order valence-electron chi connectivity index (χ3n) is 2.21. The number of hydrogen-bond donors (Lipinski definition) is 2. The van der Waals surface area contributed by atoms with Crippen molar-refractivity contribution in [2.24, 2.45) is 5.73 Å². The summed E-state index contributed by atoms with van der Waals surface area (Å²) in [4.78, 5) is 0. The van der Waals surface area contributed by atoms with Crippen LogP contribution in [0.2, 0.25) is 0 Å². The van der Waals surface area contributed by atoms with Crippen LogP contribution in [0.4, 0.5) is 4.39 Å². The van der Waals surface area contributed by atoms with E-state index >= 15 is 0 Å². The maximum Gasteiger partial charge on any atom is 0.133 e.